The maximum absolute atomic E-state index is 10.1. The van der Waals surface area contributed by atoms with E-state index in [2.05, 4.69) is 4.98 Å². The fraction of sp³-hybridized carbons (Fsp3) is 0.286. The largest absolute Gasteiger partial charge is 0.495 e. The standard InChI is InChI=1S/C7H8N2O3/c1-12-7-3-2-6(8-4-7)5-9(10)11/h2-4H,5H2,1H3. The molecule has 1 aromatic rings. The maximum atomic E-state index is 10.1. The Morgan fingerprint density at radius 2 is 2.42 bits per heavy atom. The van der Waals surface area contributed by atoms with Crippen molar-refractivity contribution in [3.63, 3.8) is 0 Å². The van der Waals surface area contributed by atoms with E-state index in [1.807, 2.05) is 0 Å². The van der Waals surface area contributed by atoms with E-state index in [1.165, 1.54) is 13.3 Å². The third-order valence-corrected chi connectivity index (χ3v) is 1.32. The summed E-state index contributed by atoms with van der Waals surface area (Å²) in [5.41, 5.74) is 0.431. The van der Waals surface area contributed by atoms with Gasteiger partial charge in [0.25, 0.3) is 0 Å². The Hall–Kier alpha value is -1.65. The topological polar surface area (TPSA) is 65.3 Å². The molecule has 0 bridgehead atoms. The molecule has 0 amide bonds. The molecule has 0 atom stereocenters. The molecule has 0 aromatic carbocycles. The van der Waals surface area contributed by atoms with Crippen LogP contribution in [-0.2, 0) is 6.54 Å². The molecule has 64 valence electrons. The van der Waals surface area contributed by atoms with Crippen molar-refractivity contribution in [2.24, 2.45) is 0 Å². The minimum atomic E-state index is -0.422. The molecule has 0 unspecified atom stereocenters. The quantitative estimate of drug-likeness (QED) is 0.496. The number of ether oxygens (including phenoxy) is 1. The molecule has 5 heteroatoms. The molecule has 0 saturated heterocycles. The lowest BCUT2D eigenvalue weighted by Gasteiger charge is -1.98. The van der Waals surface area contributed by atoms with Crippen LogP contribution in [0.3, 0.4) is 0 Å². The third-order valence-electron chi connectivity index (χ3n) is 1.32. The van der Waals surface area contributed by atoms with E-state index >= 15 is 0 Å². The van der Waals surface area contributed by atoms with Crippen molar-refractivity contribution in [1.82, 2.24) is 4.98 Å². The monoisotopic (exact) mass is 168 g/mol. The normalized spacial score (nSPS) is 9.42. The van der Waals surface area contributed by atoms with E-state index < -0.39 is 4.92 Å². The number of methoxy groups -OCH3 is 1. The van der Waals surface area contributed by atoms with Gasteiger partial charge in [-0.1, -0.05) is 0 Å². The van der Waals surface area contributed by atoms with Crippen molar-refractivity contribution in [3.8, 4) is 5.75 Å². The van der Waals surface area contributed by atoms with E-state index in [4.69, 9.17) is 4.74 Å². The van der Waals surface area contributed by atoms with Gasteiger partial charge in [0.05, 0.1) is 13.3 Å². The highest BCUT2D eigenvalue weighted by Crippen LogP contribution is 2.07. The second-order valence-electron chi connectivity index (χ2n) is 2.18. The SMILES string of the molecule is COc1ccc(C[N+](=O)[O-])nc1. The van der Waals surface area contributed by atoms with Crippen LogP contribution in [-0.4, -0.2) is 17.0 Å². The Bertz CT molecular complexity index is 270. The van der Waals surface area contributed by atoms with Gasteiger partial charge in [-0.3, -0.25) is 15.1 Å². The van der Waals surface area contributed by atoms with Crippen LogP contribution in [0.2, 0.25) is 0 Å². The zero-order chi connectivity index (χ0) is 8.97. The molecule has 0 aliphatic heterocycles. The van der Waals surface area contributed by atoms with Gasteiger partial charge >= 0.3 is 0 Å². The first-order valence-electron chi connectivity index (χ1n) is 3.33. The van der Waals surface area contributed by atoms with Gasteiger partial charge in [0.2, 0.25) is 6.54 Å². The lowest BCUT2D eigenvalue weighted by Crippen LogP contribution is -2.00. The lowest BCUT2D eigenvalue weighted by atomic mass is 10.3. The predicted molar refractivity (Wildman–Crippen MR) is 41.5 cm³/mol. The molecule has 0 N–H and O–H groups in total. The van der Waals surface area contributed by atoms with Gasteiger partial charge < -0.3 is 4.74 Å². The molecule has 0 fully saturated rings. The summed E-state index contributed by atoms with van der Waals surface area (Å²) in [6.45, 7) is -0.246. The first-order valence-corrected chi connectivity index (χ1v) is 3.33. The molecule has 5 nitrogen and oxygen atoms in total. The van der Waals surface area contributed by atoms with Gasteiger partial charge in [0.15, 0.2) is 0 Å². The van der Waals surface area contributed by atoms with Crippen LogP contribution < -0.4 is 4.74 Å². The maximum Gasteiger partial charge on any atom is 0.245 e. The average molecular weight is 168 g/mol. The molecular weight excluding hydrogens is 160 g/mol. The summed E-state index contributed by atoms with van der Waals surface area (Å²) in [5.74, 6) is 0.599. The Balaban J connectivity index is 2.71. The molecular formula is C7H8N2O3. The van der Waals surface area contributed by atoms with E-state index in [-0.39, 0.29) is 6.54 Å². The molecule has 1 rings (SSSR count). The predicted octanol–water partition coefficient (Wildman–Crippen LogP) is 0.867. The third kappa shape index (κ3) is 2.19. The van der Waals surface area contributed by atoms with Gasteiger partial charge in [-0.15, -0.1) is 0 Å². The minimum absolute atomic E-state index is 0.246. The van der Waals surface area contributed by atoms with Crippen LogP contribution in [0.1, 0.15) is 5.69 Å². The van der Waals surface area contributed by atoms with Crippen LogP contribution >= 0.6 is 0 Å². The molecule has 1 aromatic heterocycles. The van der Waals surface area contributed by atoms with Crippen molar-refractivity contribution in [1.29, 1.82) is 0 Å². The van der Waals surface area contributed by atoms with E-state index in [0.29, 0.717) is 11.4 Å². The van der Waals surface area contributed by atoms with Gasteiger partial charge in [0, 0.05) is 4.92 Å². The molecule has 0 spiro atoms. The smallest absolute Gasteiger partial charge is 0.245 e. The summed E-state index contributed by atoms with van der Waals surface area (Å²) < 4.78 is 4.84. The average Bonchev–Trinajstić information content (AvgIpc) is 2.05. The Labute approximate surface area is 69.1 Å². The summed E-state index contributed by atoms with van der Waals surface area (Å²) in [5, 5.41) is 10.1. The van der Waals surface area contributed by atoms with Crippen LogP contribution in [0.5, 0.6) is 5.75 Å². The molecule has 1 heterocycles. The number of aromatic nitrogens is 1. The summed E-state index contributed by atoms with van der Waals surface area (Å²) in [6, 6.07) is 3.22. The number of hydrogen-bond donors (Lipinski definition) is 0. The fourth-order valence-corrected chi connectivity index (χ4v) is 0.757. The molecule has 0 aliphatic rings. The lowest BCUT2D eigenvalue weighted by molar-refractivity contribution is -0.497. The zero-order valence-electron chi connectivity index (χ0n) is 6.56. The van der Waals surface area contributed by atoms with Gasteiger partial charge in [-0.05, 0) is 12.1 Å². The number of pyridine rings is 1. The van der Waals surface area contributed by atoms with E-state index in [9.17, 15) is 10.1 Å². The van der Waals surface area contributed by atoms with Gasteiger partial charge in [0.1, 0.15) is 11.4 Å². The highest BCUT2D eigenvalue weighted by atomic mass is 16.6. The van der Waals surface area contributed by atoms with Crippen molar-refractivity contribution in [2.75, 3.05) is 7.11 Å². The number of rotatable bonds is 3. The van der Waals surface area contributed by atoms with Crippen molar-refractivity contribution in [3.05, 3.63) is 34.1 Å². The van der Waals surface area contributed by atoms with Crippen molar-refractivity contribution < 1.29 is 9.66 Å². The van der Waals surface area contributed by atoms with Crippen molar-refractivity contribution in [2.45, 2.75) is 6.54 Å². The summed E-state index contributed by atoms with van der Waals surface area (Å²) in [7, 11) is 1.52. The molecule has 12 heavy (non-hydrogen) atoms. The van der Waals surface area contributed by atoms with E-state index in [1.54, 1.807) is 12.1 Å². The zero-order valence-corrected chi connectivity index (χ0v) is 6.56. The molecule has 0 radical (unpaired) electrons. The van der Waals surface area contributed by atoms with Crippen LogP contribution in [0.4, 0.5) is 0 Å². The summed E-state index contributed by atoms with van der Waals surface area (Å²) in [6.07, 6.45) is 1.46. The first-order chi connectivity index (χ1) is 5.72. The fourth-order valence-electron chi connectivity index (χ4n) is 0.757. The van der Waals surface area contributed by atoms with Crippen molar-refractivity contribution >= 4 is 0 Å². The number of hydrogen-bond acceptors (Lipinski definition) is 4. The van der Waals surface area contributed by atoms with Crippen LogP contribution in [0, 0.1) is 10.1 Å². The highest BCUT2D eigenvalue weighted by Gasteiger charge is 2.01. The Kier molecular flexibility index (Phi) is 2.57. The number of nitro groups is 1. The summed E-state index contributed by atoms with van der Waals surface area (Å²) >= 11 is 0. The minimum Gasteiger partial charge on any atom is -0.495 e. The second-order valence-corrected chi connectivity index (χ2v) is 2.18. The van der Waals surface area contributed by atoms with E-state index in [0.717, 1.165) is 0 Å². The van der Waals surface area contributed by atoms with Crippen LogP contribution in [0.25, 0.3) is 0 Å². The highest BCUT2D eigenvalue weighted by molar-refractivity contribution is 5.19. The van der Waals surface area contributed by atoms with Gasteiger partial charge in [-0.25, -0.2) is 0 Å². The summed E-state index contributed by atoms with van der Waals surface area (Å²) in [4.78, 5) is 13.5. The van der Waals surface area contributed by atoms with Gasteiger partial charge in [-0.2, -0.15) is 0 Å². The second kappa shape index (κ2) is 3.66. The number of nitrogens with zero attached hydrogens (tertiary/aromatic N) is 2. The Morgan fingerprint density at radius 3 is 2.83 bits per heavy atom. The molecule has 0 aliphatic carbocycles. The molecule has 0 saturated carbocycles. The first kappa shape index (κ1) is 8.45. The Morgan fingerprint density at radius 1 is 1.67 bits per heavy atom. The van der Waals surface area contributed by atoms with Crippen LogP contribution in [0.15, 0.2) is 18.3 Å².